The van der Waals surface area contributed by atoms with Crippen molar-refractivity contribution in [1.29, 1.82) is 0 Å². The predicted molar refractivity (Wildman–Crippen MR) is 120 cm³/mol. The largest absolute Gasteiger partial charge is 0.480 e. The molecule has 1 N–H and O–H groups in total. The third-order valence-corrected chi connectivity index (χ3v) is 6.91. The minimum atomic E-state index is 0.0289. The van der Waals surface area contributed by atoms with E-state index < -0.39 is 0 Å². The van der Waals surface area contributed by atoms with Gasteiger partial charge in [0.25, 0.3) is 0 Å². The number of ether oxygens (including phenoxy) is 2. The summed E-state index contributed by atoms with van der Waals surface area (Å²) in [5.74, 6) is 1.81. The highest BCUT2D eigenvalue weighted by Crippen LogP contribution is 2.38. The molecule has 168 valence electrons. The molecule has 2 aliphatic rings. The number of para-hydroxylation sites is 2. The van der Waals surface area contributed by atoms with Crippen molar-refractivity contribution in [2.24, 2.45) is 11.8 Å². The van der Waals surface area contributed by atoms with Gasteiger partial charge in [0.1, 0.15) is 5.69 Å². The van der Waals surface area contributed by atoms with Crippen LogP contribution in [0.3, 0.4) is 0 Å². The van der Waals surface area contributed by atoms with Crippen molar-refractivity contribution in [3.8, 4) is 5.88 Å². The number of fused-ring (bicyclic) bond motifs is 2. The summed E-state index contributed by atoms with van der Waals surface area (Å²) in [4.78, 5) is 24.6. The van der Waals surface area contributed by atoms with E-state index in [1.807, 2.05) is 24.3 Å². The van der Waals surface area contributed by atoms with Gasteiger partial charge in [-0.05, 0) is 50.7 Å². The molecule has 0 spiro atoms. The Hall–Kier alpha value is -2.25. The molecular weight excluding hydrogens is 392 g/mol. The molecule has 1 aliphatic carbocycles. The van der Waals surface area contributed by atoms with E-state index in [1.165, 1.54) is 0 Å². The number of rotatable bonds is 7. The van der Waals surface area contributed by atoms with Crippen LogP contribution in [0.4, 0.5) is 0 Å². The summed E-state index contributed by atoms with van der Waals surface area (Å²) in [5.41, 5.74) is 2.32. The van der Waals surface area contributed by atoms with Crippen LogP contribution in [0.1, 0.15) is 38.8 Å². The Morgan fingerprint density at radius 3 is 2.45 bits per heavy atom. The number of hydrogen-bond acceptors (Lipinski definition) is 6. The zero-order valence-corrected chi connectivity index (χ0v) is 19.0. The van der Waals surface area contributed by atoms with Crippen molar-refractivity contribution in [3.63, 3.8) is 0 Å². The summed E-state index contributed by atoms with van der Waals surface area (Å²) in [6.07, 6.45) is 2.91. The Labute approximate surface area is 184 Å². The smallest absolute Gasteiger partial charge is 0.235 e. The van der Waals surface area contributed by atoms with Crippen LogP contribution in [0, 0.1) is 11.8 Å². The molecule has 1 amide bonds. The van der Waals surface area contributed by atoms with Gasteiger partial charge < -0.3 is 19.7 Å². The Bertz CT molecular complexity index is 919. The summed E-state index contributed by atoms with van der Waals surface area (Å²) >= 11 is 0. The van der Waals surface area contributed by atoms with Gasteiger partial charge in [0.2, 0.25) is 11.8 Å². The monoisotopic (exact) mass is 426 g/mol. The van der Waals surface area contributed by atoms with Gasteiger partial charge in [0.15, 0.2) is 0 Å². The molecule has 2 aromatic rings. The standard InChI is InChI=1S/C24H34N4O3/c1-15(2)28-13-16-11-21(22(30-3)12-17(16)14-28)26-23(29)10-9-20-24(31-4)27-19-8-6-5-7-18(19)25-20/h5-8,15-17,21-22H,9-14H2,1-4H3,(H,26,29)/t16-,17+,21-,22-/m0/s1. The van der Waals surface area contributed by atoms with E-state index >= 15 is 0 Å². The lowest BCUT2D eigenvalue weighted by Crippen LogP contribution is -2.50. The predicted octanol–water partition coefficient (Wildman–Crippen LogP) is 2.82. The molecule has 0 bridgehead atoms. The second-order valence-electron chi connectivity index (χ2n) is 9.16. The first-order chi connectivity index (χ1) is 15.0. The van der Waals surface area contributed by atoms with Crippen molar-refractivity contribution in [2.45, 2.75) is 57.7 Å². The summed E-state index contributed by atoms with van der Waals surface area (Å²) in [6, 6.07) is 8.33. The maximum absolute atomic E-state index is 12.8. The lowest BCUT2D eigenvalue weighted by atomic mass is 9.77. The third kappa shape index (κ3) is 4.83. The second-order valence-corrected chi connectivity index (χ2v) is 9.16. The molecule has 1 saturated carbocycles. The molecule has 1 aliphatic heterocycles. The quantitative estimate of drug-likeness (QED) is 0.734. The first-order valence-electron chi connectivity index (χ1n) is 11.3. The number of methoxy groups -OCH3 is 2. The van der Waals surface area contributed by atoms with E-state index in [4.69, 9.17) is 9.47 Å². The number of likely N-dealkylation sites (tertiary alicyclic amines) is 1. The Morgan fingerprint density at radius 2 is 1.81 bits per heavy atom. The summed E-state index contributed by atoms with van der Waals surface area (Å²) in [6.45, 7) is 6.78. The van der Waals surface area contributed by atoms with Crippen molar-refractivity contribution in [1.82, 2.24) is 20.2 Å². The summed E-state index contributed by atoms with van der Waals surface area (Å²) in [7, 11) is 3.35. The molecule has 1 aromatic heterocycles. The van der Waals surface area contributed by atoms with Crippen LogP contribution < -0.4 is 10.1 Å². The number of aryl methyl sites for hydroxylation is 1. The molecule has 31 heavy (non-hydrogen) atoms. The van der Waals surface area contributed by atoms with Gasteiger partial charge in [0, 0.05) is 39.1 Å². The minimum Gasteiger partial charge on any atom is -0.480 e. The summed E-state index contributed by atoms with van der Waals surface area (Å²) in [5, 5.41) is 3.25. The fourth-order valence-corrected chi connectivity index (χ4v) is 5.14. The maximum Gasteiger partial charge on any atom is 0.235 e. The molecule has 1 saturated heterocycles. The number of aromatic nitrogens is 2. The highest BCUT2D eigenvalue weighted by molar-refractivity contribution is 5.77. The van der Waals surface area contributed by atoms with E-state index in [1.54, 1.807) is 14.2 Å². The molecular formula is C24H34N4O3. The molecule has 7 heteroatoms. The fraction of sp³-hybridized carbons (Fsp3) is 0.625. The van der Waals surface area contributed by atoms with Crippen molar-refractivity contribution >= 4 is 16.9 Å². The number of carbonyl (C=O) groups excluding carboxylic acids is 1. The Kier molecular flexibility index (Phi) is 6.72. The number of amides is 1. The number of benzene rings is 1. The molecule has 1 aromatic carbocycles. The van der Waals surface area contributed by atoms with Gasteiger partial charge in [-0.15, -0.1) is 0 Å². The molecule has 7 nitrogen and oxygen atoms in total. The number of nitrogens with zero attached hydrogens (tertiary/aromatic N) is 3. The zero-order valence-electron chi connectivity index (χ0n) is 19.0. The van der Waals surface area contributed by atoms with Gasteiger partial charge >= 0.3 is 0 Å². The van der Waals surface area contributed by atoms with Crippen LogP contribution in [-0.4, -0.2) is 66.3 Å². The Morgan fingerprint density at radius 1 is 1.13 bits per heavy atom. The van der Waals surface area contributed by atoms with E-state index in [9.17, 15) is 4.79 Å². The normalized spacial score (nSPS) is 26.2. The van der Waals surface area contributed by atoms with Crippen LogP contribution in [-0.2, 0) is 16.0 Å². The summed E-state index contributed by atoms with van der Waals surface area (Å²) < 4.78 is 11.2. The van der Waals surface area contributed by atoms with Gasteiger partial charge in [-0.2, -0.15) is 0 Å². The molecule has 2 heterocycles. The van der Waals surface area contributed by atoms with Crippen LogP contribution in [0.25, 0.3) is 11.0 Å². The number of hydrogen-bond donors (Lipinski definition) is 1. The minimum absolute atomic E-state index is 0.0289. The van der Waals surface area contributed by atoms with Gasteiger partial charge in [-0.1, -0.05) is 12.1 Å². The number of nitrogens with one attached hydrogen (secondary N) is 1. The van der Waals surface area contributed by atoms with Gasteiger partial charge in [-0.25, -0.2) is 9.97 Å². The van der Waals surface area contributed by atoms with Gasteiger partial charge in [-0.3, -0.25) is 4.79 Å². The molecule has 4 atom stereocenters. The van der Waals surface area contributed by atoms with E-state index in [-0.39, 0.29) is 18.1 Å². The van der Waals surface area contributed by atoms with E-state index in [2.05, 4.69) is 34.0 Å². The van der Waals surface area contributed by atoms with E-state index in [0.717, 1.165) is 37.0 Å². The highest BCUT2D eigenvalue weighted by atomic mass is 16.5. The maximum atomic E-state index is 12.8. The van der Waals surface area contributed by atoms with Crippen LogP contribution in [0.5, 0.6) is 5.88 Å². The van der Waals surface area contributed by atoms with Crippen molar-refractivity contribution in [2.75, 3.05) is 27.3 Å². The van der Waals surface area contributed by atoms with Crippen molar-refractivity contribution < 1.29 is 14.3 Å². The topological polar surface area (TPSA) is 76.6 Å². The first-order valence-corrected chi connectivity index (χ1v) is 11.3. The SMILES string of the molecule is COc1nc2ccccc2nc1CCC(=O)N[C@H]1C[C@H]2CN(C(C)C)C[C@H]2C[C@@H]1OC. The lowest BCUT2D eigenvalue weighted by Gasteiger charge is -2.37. The van der Waals surface area contributed by atoms with E-state index in [0.29, 0.717) is 42.3 Å². The molecule has 0 radical (unpaired) electrons. The average Bonchev–Trinajstić information content (AvgIpc) is 3.19. The third-order valence-electron chi connectivity index (χ3n) is 6.91. The van der Waals surface area contributed by atoms with Gasteiger partial charge in [0.05, 0.1) is 30.3 Å². The second kappa shape index (κ2) is 9.49. The number of carbonyl (C=O) groups is 1. The van der Waals surface area contributed by atoms with Crippen LogP contribution in [0.15, 0.2) is 24.3 Å². The van der Waals surface area contributed by atoms with Crippen LogP contribution >= 0.6 is 0 Å². The first kappa shape index (κ1) is 22.0. The molecule has 0 unspecified atom stereocenters. The lowest BCUT2D eigenvalue weighted by molar-refractivity contribution is -0.123. The van der Waals surface area contributed by atoms with Crippen molar-refractivity contribution in [3.05, 3.63) is 30.0 Å². The molecule has 4 rings (SSSR count). The van der Waals surface area contributed by atoms with Crippen LogP contribution in [0.2, 0.25) is 0 Å². The highest BCUT2D eigenvalue weighted by Gasteiger charge is 2.43. The molecule has 2 fully saturated rings. The zero-order chi connectivity index (χ0) is 22.0. The average molecular weight is 427 g/mol. The Balaban J connectivity index is 1.38. The fourth-order valence-electron chi connectivity index (χ4n) is 5.14.